The fourth-order valence-corrected chi connectivity index (χ4v) is 3.85. The van der Waals surface area contributed by atoms with Gasteiger partial charge in [-0.05, 0) is 25.5 Å². The molecule has 0 aromatic heterocycles. The molecule has 1 heterocycles. The Hall–Kier alpha value is -0.860. The molecule has 1 saturated carbocycles. The van der Waals surface area contributed by atoms with Gasteiger partial charge in [0.15, 0.2) is 0 Å². The highest BCUT2D eigenvalue weighted by atomic mass is 16.3. The summed E-state index contributed by atoms with van der Waals surface area (Å²) >= 11 is 0. The van der Waals surface area contributed by atoms with E-state index in [0.29, 0.717) is 11.8 Å². The molecule has 2 aliphatic rings. The molecule has 1 saturated heterocycles. The van der Waals surface area contributed by atoms with Crippen LogP contribution >= 0.6 is 0 Å². The second-order valence-electron chi connectivity index (χ2n) is 5.74. The van der Waals surface area contributed by atoms with E-state index >= 15 is 0 Å². The highest BCUT2D eigenvalue weighted by Gasteiger charge is 2.50. The number of fused-ring (bicyclic) bond motifs is 2. The molecule has 2 heteroatoms. The van der Waals surface area contributed by atoms with E-state index in [0.717, 1.165) is 31.5 Å². The number of hydrogen-bond donors (Lipinski definition) is 1. The van der Waals surface area contributed by atoms with Crippen LogP contribution in [0.2, 0.25) is 0 Å². The van der Waals surface area contributed by atoms with Crippen LogP contribution in [0, 0.1) is 11.8 Å². The lowest BCUT2D eigenvalue weighted by Gasteiger charge is -2.52. The van der Waals surface area contributed by atoms with E-state index in [-0.39, 0.29) is 0 Å². The SMILES string of the molecule is CN1C[C@H]2CCC[C@@H](C1)C2(O)c1ccccc1. The van der Waals surface area contributed by atoms with E-state index in [1.807, 2.05) is 18.2 Å². The van der Waals surface area contributed by atoms with Gasteiger partial charge in [-0.15, -0.1) is 0 Å². The monoisotopic (exact) mass is 231 g/mol. The number of piperidine rings is 1. The fraction of sp³-hybridized carbons (Fsp3) is 0.600. The van der Waals surface area contributed by atoms with E-state index in [9.17, 15) is 5.11 Å². The highest BCUT2D eigenvalue weighted by Crippen LogP contribution is 2.48. The summed E-state index contributed by atoms with van der Waals surface area (Å²) in [5, 5.41) is 11.2. The van der Waals surface area contributed by atoms with Crippen LogP contribution in [-0.4, -0.2) is 30.1 Å². The number of aliphatic hydroxyl groups is 1. The van der Waals surface area contributed by atoms with E-state index in [1.54, 1.807) is 0 Å². The van der Waals surface area contributed by atoms with Gasteiger partial charge in [0.1, 0.15) is 0 Å². The van der Waals surface area contributed by atoms with Crippen LogP contribution in [0.3, 0.4) is 0 Å². The lowest BCUT2D eigenvalue weighted by atomic mass is 9.63. The lowest BCUT2D eigenvalue weighted by Crippen LogP contribution is -2.57. The summed E-state index contributed by atoms with van der Waals surface area (Å²) in [4.78, 5) is 2.38. The first-order valence-corrected chi connectivity index (χ1v) is 6.67. The van der Waals surface area contributed by atoms with Crippen molar-refractivity contribution in [1.82, 2.24) is 4.90 Å². The molecule has 17 heavy (non-hydrogen) atoms. The zero-order valence-electron chi connectivity index (χ0n) is 10.5. The van der Waals surface area contributed by atoms with Crippen molar-refractivity contribution in [3.8, 4) is 0 Å². The van der Waals surface area contributed by atoms with Crippen LogP contribution in [-0.2, 0) is 5.60 Å². The Balaban J connectivity index is 2.00. The minimum absolute atomic E-state index is 0.405. The summed E-state index contributed by atoms with van der Waals surface area (Å²) in [5.41, 5.74) is 0.550. The molecule has 2 fully saturated rings. The summed E-state index contributed by atoms with van der Waals surface area (Å²) in [6.07, 6.45) is 3.59. The maximum absolute atomic E-state index is 11.2. The summed E-state index contributed by atoms with van der Waals surface area (Å²) in [6.45, 7) is 2.06. The zero-order valence-corrected chi connectivity index (χ0v) is 10.5. The van der Waals surface area contributed by atoms with Crippen molar-refractivity contribution in [3.63, 3.8) is 0 Å². The third-order valence-electron chi connectivity index (χ3n) is 4.65. The smallest absolute Gasteiger partial charge is 0.0976 e. The lowest BCUT2D eigenvalue weighted by molar-refractivity contribution is -0.142. The Morgan fingerprint density at radius 3 is 2.29 bits per heavy atom. The molecule has 1 unspecified atom stereocenters. The molecule has 2 bridgehead atoms. The number of hydrogen-bond acceptors (Lipinski definition) is 2. The standard InChI is InChI=1S/C15H21NO/c1-16-10-13-8-5-9-14(11-16)15(13,17)12-6-3-2-4-7-12/h2-4,6-7,13-14,17H,5,8-11H2,1H3/t13-,14+,15?. The van der Waals surface area contributed by atoms with Crippen molar-refractivity contribution in [2.45, 2.75) is 24.9 Å². The first kappa shape index (κ1) is 11.2. The minimum atomic E-state index is -0.577. The molecule has 3 atom stereocenters. The first-order chi connectivity index (χ1) is 8.21. The molecule has 1 aliphatic heterocycles. The van der Waals surface area contributed by atoms with Gasteiger partial charge in [-0.3, -0.25) is 0 Å². The Morgan fingerprint density at radius 1 is 1.12 bits per heavy atom. The molecule has 92 valence electrons. The van der Waals surface area contributed by atoms with E-state index in [2.05, 4.69) is 24.1 Å². The molecule has 1 aliphatic carbocycles. The summed E-state index contributed by atoms with van der Waals surface area (Å²) in [5.74, 6) is 0.810. The second-order valence-corrected chi connectivity index (χ2v) is 5.74. The predicted molar refractivity (Wildman–Crippen MR) is 68.7 cm³/mol. The summed E-state index contributed by atoms with van der Waals surface area (Å²) < 4.78 is 0. The maximum atomic E-state index is 11.2. The van der Waals surface area contributed by atoms with Crippen molar-refractivity contribution in [2.24, 2.45) is 11.8 Å². The molecule has 0 spiro atoms. The largest absolute Gasteiger partial charge is 0.384 e. The van der Waals surface area contributed by atoms with Crippen molar-refractivity contribution >= 4 is 0 Å². The topological polar surface area (TPSA) is 23.5 Å². The molecule has 0 radical (unpaired) electrons. The molecular weight excluding hydrogens is 210 g/mol. The summed E-state index contributed by atoms with van der Waals surface area (Å²) in [6, 6.07) is 10.3. The van der Waals surface area contributed by atoms with Gasteiger partial charge in [-0.25, -0.2) is 0 Å². The van der Waals surface area contributed by atoms with Crippen molar-refractivity contribution < 1.29 is 5.11 Å². The second kappa shape index (κ2) is 4.11. The molecule has 1 aromatic carbocycles. The summed E-state index contributed by atoms with van der Waals surface area (Å²) in [7, 11) is 2.18. The molecular formula is C15H21NO. The van der Waals surface area contributed by atoms with Gasteiger partial charge in [-0.1, -0.05) is 36.8 Å². The Labute approximate surface area is 103 Å². The zero-order chi connectivity index (χ0) is 11.9. The average molecular weight is 231 g/mol. The highest BCUT2D eigenvalue weighted by molar-refractivity contribution is 5.26. The number of likely N-dealkylation sites (tertiary alicyclic amines) is 1. The fourth-order valence-electron chi connectivity index (χ4n) is 3.85. The van der Waals surface area contributed by atoms with Crippen LogP contribution < -0.4 is 0 Å². The molecule has 1 aromatic rings. The Kier molecular flexibility index (Phi) is 2.72. The van der Waals surface area contributed by atoms with E-state index in [4.69, 9.17) is 0 Å². The van der Waals surface area contributed by atoms with Crippen LogP contribution in [0.5, 0.6) is 0 Å². The number of nitrogens with zero attached hydrogens (tertiary/aromatic N) is 1. The minimum Gasteiger partial charge on any atom is -0.384 e. The molecule has 2 nitrogen and oxygen atoms in total. The van der Waals surface area contributed by atoms with Crippen molar-refractivity contribution in [2.75, 3.05) is 20.1 Å². The van der Waals surface area contributed by atoms with Gasteiger partial charge < -0.3 is 10.0 Å². The molecule has 1 N–H and O–H groups in total. The van der Waals surface area contributed by atoms with Gasteiger partial charge in [-0.2, -0.15) is 0 Å². The van der Waals surface area contributed by atoms with E-state index < -0.39 is 5.60 Å². The van der Waals surface area contributed by atoms with Gasteiger partial charge in [0.2, 0.25) is 0 Å². The molecule has 3 rings (SSSR count). The Bertz CT molecular complexity index is 375. The van der Waals surface area contributed by atoms with Crippen molar-refractivity contribution in [3.05, 3.63) is 35.9 Å². The van der Waals surface area contributed by atoms with E-state index in [1.165, 1.54) is 6.42 Å². The maximum Gasteiger partial charge on any atom is 0.0976 e. The Morgan fingerprint density at radius 2 is 1.71 bits per heavy atom. The van der Waals surface area contributed by atoms with Crippen LogP contribution in [0.1, 0.15) is 24.8 Å². The first-order valence-electron chi connectivity index (χ1n) is 6.67. The number of rotatable bonds is 1. The average Bonchev–Trinajstić information content (AvgIpc) is 2.32. The van der Waals surface area contributed by atoms with Gasteiger partial charge in [0, 0.05) is 24.9 Å². The van der Waals surface area contributed by atoms with Crippen molar-refractivity contribution in [1.29, 1.82) is 0 Å². The van der Waals surface area contributed by atoms with Gasteiger partial charge >= 0.3 is 0 Å². The van der Waals surface area contributed by atoms with Crippen LogP contribution in [0.25, 0.3) is 0 Å². The number of benzene rings is 1. The third-order valence-corrected chi connectivity index (χ3v) is 4.65. The third kappa shape index (κ3) is 1.71. The predicted octanol–water partition coefficient (Wildman–Crippen LogP) is 2.24. The van der Waals surface area contributed by atoms with Crippen LogP contribution in [0.4, 0.5) is 0 Å². The van der Waals surface area contributed by atoms with Gasteiger partial charge in [0.05, 0.1) is 5.60 Å². The molecule has 0 amide bonds. The quantitative estimate of drug-likeness (QED) is 0.801. The van der Waals surface area contributed by atoms with Crippen LogP contribution in [0.15, 0.2) is 30.3 Å². The van der Waals surface area contributed by atoms with Gasteiger partial charge in [0.25, 0.3) is 0 Å². The normalized spacial score (nSPS) is 38.0.